The molecule has 1 unspecified atom stereocenters. The van der Waals surface area contributed by atoms with E-state index in [1.165, 1.54) is 18.9 Å². The summed E-state index contributed by atoms with van der Waals surface area (Å²) in [6.07, 6.45) is -0.133. The fraction of sp³-hybridized carbons (Fsp3) is 0.636. The van der Waals surface area contributed by atoms with Crippen molar-refractivity contribution in [1.82, 2.24) is 15.0 Å². The number of esters is 2. The summed E-state index contributed by atoms with van der Waals surface area (Å²) in [5, 5.41) is 16.6. The van der Waals surface area contributed by atoms with Crippen LogP contribution in [0.4, 0.5) is 0 Å². The molecule has 0 aliphatic rings. The number of carbonyl (C=O) groups is 2. The summed E-state index contributed by atoms with van der Waals surface area (Å²) < 4.78 is 10.6. The number of ether oxygens (including phenoxy) is 2. The van der Waals surface area contributed by atoms with Gasteiger partial charge in [0.05, 0.1) is 26.3 Å². The first-order valence-corrected chi connectivity index (χ1v) is 5.71. The van der Waals surface area contributed by atoms with Crippen molar-refractivity contribution in [1.29, 1.82) is 0 Å². The van der Waals surface area contributed by atoms with E-state index in [1.54, 1.807) is 6.92 Å². The van der Waals surface area contributed by atoms with Crippen molar-refractivity contribution in [3.63, 3.8) is 0 Å². The number of aliphatic hydroxyl groups is 1. The van der Waals surface area contributed by atoms with Crippen LogP contribution in [0.1, 0.15) is 23.1 Å². The van der Waals surface area contributed by atoms with Crippen LogP contribution in [0.5, 0.6) is 0 Å². The van der Waals surface area contributed by atoms with Crippen LogP contribution in [0.2, 0.25) is 0 Å². The molecule has 1 aromatic heterocycles. The average Bonchev–Trinajstić information content (AvgIpc) is 2.80. The Kier molecular flexibility index (Phi) is 5.43. The molecular weight excluding hydrogens is 254 g/mol. The van der Waals surface area contributed by atoms with Gasteiger partial charge in [-0.3, -0.25) is 4.79 Å². The first-order chi connectivity index (χ1) is 9.03. The van der Waals surface area contributed by atoms with Gasteiger partial charge in [0.1, 0.15) is 0 Å². The van der Waals surface area contributed by atoms with Crippen molar-refractivity contribution in [2.75, 3.05) is 20.8 Å². The van der Waals surface area contributed by atoms with E-state index in [2.05, 4.69) is 19.8 Å². The highest BCUT2D eigenvalue weighted by atomic mass is 16.5. The monoisotopic (exact) mass is 271 g/mol. The molecule has 8 heteroatoms. The van der Waals surface area contributed by atoms with Gasteiger partial charge in [0.25, 0.3) is 0 Å². The Morgan fingerprint density at radius 2 is 2.05 bits per heavy atom. The van der Waals surface area contributed by atoms with Gasteiger partial charge < -0.3 is 14.6 Å². The largest absolute Gasteiger partial charge is 0.469 e. The van der Waals surface area contributed by atoms with E-state index in [1.807, 2.05) is 0 Å². The number of hydrogen-bond donors (Lipinski definition) is 1. The van der Waals surface area contributed by atoms with Gasteiger partial charge in [-0.1, -0.05) is 12.1 Å². The molecule has 0 fully saturated rings. The molecular formula is C11H17N3O5. The van der Waals surface area contributed by atoms with Crippen LogP contribution in [0, 0.1) is 5.92 Å². The predicted molar refractivity (Wildman–Crippen MR) is 63.3 cm³/mol. The summed E-state index contributed by atoms with van der Waals surface area (Å²) in [5.41, 5.74) is 0.303. The highest BCUT2D eigenvalue weighted by molar-refractivity contribution is 5.89. The van der Waals surface area contributed by atoms with Gasteiger partial charge in [-0.15, -0.1) is 5.10 Å². The lowest BCUT2D eigenvalue weighted by molar-refractivity contribution is -0.139. The predicted octanol–water partition coefficient (Wildman–Crippen LogP) is -0.591. The number of rotatable bonds is 6. The standard InChI is InChI=1S/C11H17N3O5/c1-7(6-15)5-14-8(4-9(16)18-2)10(12-13-14)11(17)19-3/h7,15H,4-6H2,1-3H3. The molecule has 19 heavy (non-hydrogen) atoms. The highest BCUT2D eigenvalue weighted by Crippen LogP contribution is 2.11. The molecule has 0 spiro atoms. The SMILES string of the molecule is COC(=O)Cc1c(C(=O)OC)nnn1CC(C)CO. The second-order valence-corrected chi connectivity index (χ2v) is 4.10. The summed E-state index contributed by atoms with van der Waals surface area (Å²) in [7, 11) is 2.48. The first-order valence-electron chi connectivity index (χ1n) is 5.71. The van der Waals surface area contributed by atoms with E-state index in [-0.39, 0.29) is 24.6 Å². The Morgan fingerprint density at radius 1 is 1.37 bits per heavy atom. The van der Waals surface area contributed by atoms with E-state index < -0.39 is 11.9 Å². The molecule has 0 saturated heterocycles. The number of carbonyl (C=O) groups excluding carboxylic acids is 2. The lowest BCUT2D eigenvalue weighted by Gasteiger charge is -2.10. The summed E-state index contributed by atoms with van der Waals surface area (Å²) in [6, 6.07) is 0. The van der Waals surface area contributed by atoms with Crippen LogP contribution < -0.4 is 0 Å². The fourth-order valence-electron chi connectivity index (χ4n) is 1.47. The number of nitrogens with zero attached hydrogens (tertiary/aromatic N) is 3. The molecule has 0 radical (unpaired) electrons. The van der Waals surface area contributed by atoms with Crippen LogP contribution in [-0.2, 0) is 27.2 Å². The van der Waals surface area contributed by atoms with Gasteiger partial charge >= 0.3 is 11.9 Å². The molecule has 0 saturated carbocycles. The smallest absolute Gasteiger partial charge is 0.360 e. The third-order valence-corrected chi connectivity index (χ3v) is 2.55. The average molecular weight is 271 g/mol. The minimum absolute atomic E-state index is 0.0157. The third kappa shape index (κ3) is 3.75. The molecule has 1 heterocycles. The quantitative estimate of drug-likeness (QED) is 0.689. The number of hydrogen-bond acceptors (Lipinski definition) is 7. The van der Waals surface area contributed by atoms with Gasteiger partial charge in [0, 0.05) is 13.2 Å². The van der Waals surface area contributed by atoms with Crippen molar-refractivity contribution in [3.05, 3.63) is 11.4 Å². The van der Waals surface area contributed by atoms with Crippen molar-refractivity contribution >= 4 is 11.9 Å². The van der Waals surface area contributed by atoms with Crippen LogP contribution >= 0.6 is 0 Å². The molecule has 0 aromatic carbocycles. The van der Waals surface area contributed by atoms with Crippen LogP contribution in [0.3, 0.4) is 0 Å². The number of aliphatic hydroxyl groups excluding tert-OH is 1. The fourth-order valence-corrected chi connectivity index (χ4v) is 1.47. The molecule has 1 atom stereocenters. The molecule has 0 aliphatic carbocycles. The molecule has 1 aromatic rings. The number of aromatic nitrogens is 3. The summed E-state index contributed by atoms with van der Waals surface area (Å²) in [5.74, 6) is -1.25. The van der Waals surface area contributed by atoms with Gasteiger partial charge in [0.2, 0.25) is 0 Å². The van der Waals surface area contributed by atoms with Crippen LogP contribution in [0.15, 0.2) is 0 Å². The Balaban J connectivity index is 3.06. The molecule has 8 nitrogen and oxygen atoms in total. The summed E-state index contributed by atoms with van der Waals surface area (Å²) in [4.78, 5) is 22.9. The maximum atomic E-state index is 11.5. The van der Waals surface area contributed by atoms with E-state index in [0.29, 0.717) is 12.2 Å². The molecule has 1 N–H and O–H groups in total. The van der Waals surface area contributed by atoms with Crippen LogP contribution in [0.25, 0.3) is 0 Å². The van der Waals surface area contributed by atoms with E-state index in [9.17, 15) is 9.59 Å². The van der Waals surface area contributed by atoms with Gasteiger partial charge in [-0.25, -0.2) is 9.48 Å². The topological polar surface area (TPSA) is 104 Å². The molecule has 1 rings (SSSR count). The maximum Gasteiger partial charge on any atom is 0.360 e. The molecule has 106 valence electrons. The normalized spacial score (nSPS) is 12.0. The Bertz CT molecular complexity index is 457. The zero-order chi connectivity index (χ0) is 14.4. The van der Waals surface area contributed by atoms with Crippen LogP contribution in [-0.4, -0.2) is 52.9 Å². The minimum Gasteiger partial charge on any atom is -0.469 e. The second kappa shape index (κ2) is 6.83. The Morgan fingerprint density at radius 3 is 2.58 bits per heavy atom. The second-order valence-electron chi connectivity index (χ2n) is 4.10. The summed E-state index contributed by atoms with van der Waals surface area (Å²) >= 11 is 0. The van der Waals surface area contributed by atoms with E-state index in [0.717, 1.165) is 0 Å². The van der Waals surface area contributed by atoms with Crippen molar-refractivity contribution in [3.8, 4) is 0 Å². The lowest BCUT2D eigenvalue weighted by Crippen LogP contribution is -2.19. The van der Waals surface area contributed by atoms with E-state index in [4.69, 9.17) is 5.11 Å². The summed E-state index contributed by atoms with van der Waals surface area (Å²) in [6.45, 7) is 2.11. The van der Waals surface area contributed by atoms with E-state index >= 15 is 0 Å². The zero-order valence-corrected chi connectivity index (χ0v) is 11.1. The van der Waals surface area contributed by atoms with Gasteiger partial charge in [-0.2, -0.15) is 0 Å². The molecule has 0 bridgehead atoms. The van der Waals surface area contributed by atoms with Gasteiger partial charge in [-0.05, 0) is 5.92 Å². The maximum absolute atomic E-state index is 11.5. The first kappa shape index (κ1) is 15.1. The Labute approximate surface area is 110 Å². The zero-order valence-electron chi connectivity index (χ0n) is 11.1. The number of methoxy groups -OCH3 is 2. The van der Waals surface area contributed by atoms with Crippen molar-refractivity contribution in [2.45, 2.75) is 19.9 Å². The molecule has 0 amide bonds. The lowest BCUT2D eigenvalue weighted by atomic mass is 10.2. The van der Waals surface area contributed by atoms with Crippen molar-refractivity contribution in [2.24, 2.45) is 5.92 Å². The third-order valence-electron chi connectivity index (χ3n) is 2.55. The molecule has 0 aliphatic heterocycles. The van der Waals surface area contributed by atoms with Gasteiger partial charge in [0.15, 0.2) is 5.69 Å². The Hall–Kier alpha value is -1.96. The van der Waals surface area contributed by atoms with Crippen molar-refractivity contribution < 1.29 is 24.2 Å². The highest BCUT2D eigenvalue weighted by Gasteiger charge is 2.23. The minimum atomic E-state index is -0.665.